The van der Waals surface area contributed by atoms with Gasteiger partial charge in [0.2, 0.25) is 0 Å². The Morgan fingerprint density at radius 1 is 1.00 bits per heavy atom. The van der Waals surface area contributed by atoms with Crippen molar-refractivity contribution in [2.24, 2.45) is 7.05 Å². The largest absolute Gasteiger partial charge is 0.474 e. The van der Waals surface area contributed by atoms with E-state index in [4.69, 9.17) is 10.00 Å². The molecule has 0 fully saturated rings. The minimum Gasteiger partial charge on any atom is -0.474 e. The average molecular weight is 390 g/mol. The summed E-state index contributed by atoms with van der Waals surface area (Å²) in [6.07, 6.45) is 0. The van der Waals surface area contributed by atoms with Gasteiger partial charge in [0.1, 0.15) is 11.6 Å². The first kappa shape index (κ1) is 19.4. The number of hydrogen-bond donors (Lipinski definition) is 0. The summed E-state index contributed by atoms with van der Waals surface area (Å²) in [5.41, 5.74) is -1.15. The monoisotopic (exact) mass is 390 g/mol. The number of nitriles is 1. The molecule has 28 heavy (non-hydrogen) atoms. The smallest absolute Gasteiger partial charge is 0.192 e. The van der Waals surface area contributed by atoms with E-state index in [9.17, 15) is 17.6 Å². The molecule has 144 valence electrons. The Bertz CT molecular complexity index is 1080. The second kappa shape index (κ2) is 6.96. The molecule has 0 atom stereocenters. The molecule has 0 aliphatic carbocycles. The quantitative estimate of drug-likeness (QED) is 0.626. The highest BCUT2D eigenvalue weighted by atomic mass is 19.1. The molecular weight excluding hydrogens is 376 g/mol. The van der Waals surface area contributed by atoms with Crippen molar-refractivity contribution in [3.8, 4) is 23.2 Å². The Balaban J connectivity index is 2.00. The van der Waals surface area contributed by atoms with Crippen LogP contribution in [0.1, 0.15) is 25.2 Å². The van der Waals surface area contributed by atoms with Gasteiger partial charge in [-0.3, -0.25) is 0 Å². The van der Waals surface area contributed by atoms with Gasteiger partial charge in [0.15, 0.2) is 34.6 Å². The fourth-order valence-electron chi connectivity index (χ4n) is 2.78. The maximum absolute atomic E-state index is 14.3. The summed E-state index contributed by atoms with van der Waals surface area (Å²) < 4.78 is 62.1. The van der Waals surface area contributed by atoms with E-state index in [-0.39, 0.29) is 22.8 Å². The molecule has 9 heteroatoms. The molecule has 0 bridgehead atoms. The molecule has 0 amide bonds. The van der Waals surface area contributed by atoms with Crippen LogP contribution in [-0.2, 0) is 12.6 Å². The predicted molar refractivity (Wildman–Crippen MR) is 91.1 cm³/mol. The van der Waals surface area contributed by atoms with Crippen LogP contribution in [0.25, 0.3) is 11.4 Å². The van der Waals surface area contributed by atoms with Crippen LogP contribution in [0.4, 0.5) is 17.6 Å². The second-order valence-corrected chi connectivity index (χ2v) is 6.52. The number of benzene rings is 2. The lowest BCUT2D eigenvalue weighted by Crippen LogP contribution is -2.30. The lowest BCUT2D eigenvalue weighted by molar-refractivity contribution is 0.0833. The number of nitrogens with zero attached hydrogens (tertiary/aromatic N) is 4. The zero-order valence-corrected chi connectivity index (χ0v) is 15.1. The van der Waals surface area contributed by atoms with Crippen molar-refractivity contribution in [1.82, 2.24) is 14.8 Å². The van der Waals surface area contributed by atoms with Crippen LogP contribution in [0.15, 0.2) is 30.3 Å². The van der Waals surface area contributed by atoms with E-state index in [0.29, 0.717) is 12.1 Å². The van der Waals surface area contributed by atoms with Gasteiger partial charge in [-0.15, -0.1) is 10.2 Å². The maximum atomic E-state index is 14.3. The Morgan fingerprint density at radius 3 is 2.21 bits per heavy atom. The van der Waals surface area contributed by atoms with Gasteiger partial charge < -0.3 is 9.30 Å². The first-order valence-corrected chi connectivity index (χ1v) is 8.07. The predicted octanol–water partition coefficient (Wildman–Crippen LogP) is 4.22. The molecule has 0 spiro atoms. The van der Waals surface area contributed by atoms with Crippen LogP contribution < -0.4 is 4.74 Å². The normalized spacial score (nSPS) is 11.4. The number of rotatable bonds is 4. The molecule has 0 aliphatic rings. The van der Waals surface area contributed by atoms with Crippen LogP contribution in [-0.4, -0.2) is 14.8 Å². The van der Waals surface area contributed by atoms with Crippen LogP contribution in [0, 0.1) is 34.6 Å². The highest BCUT2D eigenvalue weighted by molar-refractivity contribution is 5.58. The SMILES string of the molecule is Cn1c(-c2ccc(C#N)cc2F)nnc1C(C)(C)Oc1c(F)cc(F)cc1F. The van der Waals surface area contributed by atoms with E-state index in [1.807, 2.05) is 6.07 Å². The zero-order chi connectivity index (χ0) is 20.6. The van der Waals surface area contributed by atoms with Crippen molar-refractivity contribution in [2.75, 3.05) is 0 Å². The first-order valence-electron chi connectivity index (χ1n) is 8.07. The average Bonchev–Trinajstić information content (AvgIpc) is 3.00. The van der Waals surface area contributed by atoms with Gasteiger partial charge in [-0.2, -0.15) is 5.26 Å². The van der Waals surface area contributed by atoms with Crippen molar-refractivity contribution in [1.29, 1.82) is 5.26 Å². The van der Waals surface area contributed by atoms with E-state index in [0.717, 1.165) is 6.07 Å². The number of aromatic nitrogens is 3. The minimum absolute atomic E-state index is 0.0928. The highest BCUT2D eigenvalue weighted by Crippen LogP contribution is 2.32. The number of hydrogen-bond acceptors (Lipinski definition) is 4. The Kier molecular flexibility index (Phi) is 4.81. The van der Waals surface area contributed by atoms with Crippen LogP contribution in [0.5, 0.6) is 5.75 Å². The third kappa shape index (κ3) is 3.41. The molecule has 0 saturated heterocycles. The van der Waals surface area contributed by atoms with Gasteiger partial charge in [-0.1, -0.05) is 0 Å². The molecule has 0 N–H and O–H groups in total. The minimum atomic E-state index is -1.39. The van der Waals surface area contributed by atoms with Crippen molar-refractivity contribution >= 4 is 0 Å². The molecule has 0 radical (unpaired) electrons. The summed E-state index contributed by atoms with van der Waals surface area (Å²) in [4.78, 5) is 0. The van der Waals surface area contributed by atoms with Crippen molar-refractivity contribution in [3.05, 3.63) is 65.0 Å². The van der Waals surface area contributed by atoms with E-state index in [1.165, 1.54) is 37.6 Å². The van der Waals surface area contributed by atoms with Crippen molar-refractivity contribution in [3.63, 3.8) is 0 Å². The lowest BCUT2D eigenvalue weighted by atomic mass is 10.1. The van der Waals surface area contributed by atoms with Crippen LogP contribution >= 0.6 is 0 Å². The summed E-state index contributed by atoms with van der Waals surface area (Å²) in [5.74, 6) is -4.63. The van der Waals surface area contributed by atoms with Crippen LogP contribution in [0.2, 0.25) is 0 Å². The summed E-state index contributed by atoms with van der Waals surface area (Å²) >= 11 is 0. The molecule has 1 heterocycles. The first-order chi connectivity index (χ1) is 13.1. The molecule has 0 unspecified atom stereocenters. The van der Waals surface area contributed by atoms with E-state index in [1.54, 1.807) is 0 Å². The molecule has 3 aromatic rings. The van der Waals surface area contributed by atoms with Gasteiger partial charge in [0.05, 0.1) is 17.2 Å². The van der Waals surface area contributed by atoms with Gasteiger partial charge in [0, 0.05) is 19.2 Å². The van der Waals surface area contributed by atoms with E-state index < -0.39 is 34.6 Å². The molecule has 0 aliphatic heterocycles. The van der Waals surface area contributed by atoms with Crippen LogP contribution in [0.3, 0.4) is 0 Å². The fourth-order valence-corrected chi connectivity index (χ4v) is 2.78. The van der Waals surface area contributed by atoms with Crippen molar-refractivity contribution in [2.45, 2.75) is 19.4 Å². The van der Waals surface area contributed by atoms with Gasteiger partial charge >= 0.3 is 0 Å². The van der Waals surface area contributed by atoms with E-state index in [2.05, 4.69) is 10.2 Å². The Morgan fingerprint density at radius 2 is 1.64 bits per heavy atom. The summed E-state index contributed by atoms with van der Waals surface area (Å²) in [7, 11) is 1.53. The van der Waals surface area contributed by atoms with Crippen molar-refractivity contribution < 1.29 is 22.3 Å². The Hall–Kier alpha value is -3.41. The molecule has 2 aromatic carbocycles. The summed E-state index contributed by atoms with van der Waals surface area (Å²) in [6.45, 7) is 2.97. The summed E-state index contributed by atoms with van der Waals surface area (Å²) in [6, 6.07) is 6.71. The number of halogens is 4. The molecule has 5 nitrogen and oxygen atoms in total. The molecule has 1 aromatic heterocycles. The fraction of sp³-hybridized carbons (Fsp3) is 0.211. The van der Waals surface area contributed by atoms with Gasteiger partial charge in [-0.05, 0) is 32.0 Å². The van der Waals surface area contributed by atoms with Gasteiger partial charge in [0.25, 0.3) is 0 Å². The maximum Gasteiger partial charge on any atom is 0.192 e. The topological polar surface area (TPSA) is 63.7 Å². The third-order valence-corrected chi connectivity index (χ3v) is 4.07. The Labute approximate surface area is 157 Å². The second-order valence-electron chi connectivity index (χ2n) is 6.52. The van der Waals surface area contributed by atoms with E-state index >= 15 is 0 Å². The standard InChI is InChI=1S/C19H14F4N4O/c1-19(2,28-16-14(22)7-11(20)8-15(16)23)18-26-25-17(27(18)3)12-5-4-10(9-24)6-13(12)21/h4-8H,1-3H3. The van der Waals surface area contributed by atoms with Gasteiger partial charge in [-0.25, -0.2) is 17.6 Å². The molecule has 3 rings (SSSR count). The summed E-state index contributed by atoms with van der Waals surface area (Å²) in [5, 5.41) is 16.7. The zero-order valence-electron chi connectivity index (χ0n) is 15.1. The number of ether oxygens (including phenoxy) is 1. The molecular formula is C19H14F4N4O. The lowest BCUT2D eigenvalue weighted by Gasteiger charge is -2.26. The highest BCUT2D eigenvalue weighted by Gasteiger charge is 2.32. The third-order valence-electron chi connectivity index (χ3n) is 4.07. The molecule has 0 saturated carbocycles.